The molecule has 0 bridgehead atoms. The van der Waals surface area contributed by atoms with E-state index in [9.17, 15) is 17.6 Å². The van der Waals surface area contributed by atoms with Gasteiger partial charge in [0.05, 0.1) is 5.69 Å². The summed E-state index contributed by atoms with van der Waals surface area (Å²) in [6.07, 6.45) is 4.16. The molecule has 4 aromatic heterocycles. The first-order chi connectivity index (χ1) is 18.6. The zero-order valence-electron chi connectivity index (χ0n) is 21.8. The number of pyridine rings is 2. The molecule has 14 heteroatoms. The van der Waals surface area contributed by atoms with Crippen molar-refractivity contribution in [2.45, 2.75) is 44.3 Å². The third kappa shape index (κ3) is 6.06. The van der Waals surface area contributed by atoms with Crippen LogP contribution in [0, 0.1) is 0 Å². The Morgan fingerprint density at radius 1 is 1.18 bits per heavy atom. The van der Waals surface area contributed by atoms with Crippen LogP contribution in [0.5, 0.6) is 0 Å². The van der Waals surface area contributed by atoms with Crippen LogP contribution in [-0.4, -0.2) is 63.0 Å². The molecule has 0 radical (unpaired) electrons. The zero-order chi connectivity index (χ0) is 27.7. The van der Waals surface area contributed by atoms with E-state index >= 15 is 0 Å². The Morgan fingerprint density at radius 2 is 2.00 bits per heavy atom. The molecule has 1 fully saturated rings. The molecule has 12 nitrogen and oxygen atoms in total. The zero-order valence-corrected chi connectivity index (χ0v) is 22.6. The molecule has 3 N–H and O–H groups in total. The first-order valence-corrected chi connectivity index (χ1v) is 14.2. The SMILES string of the molecule is CC(C)n1c(=O)c(-c2ccc(NS(=O)(=O)Cc3ccn(C)n3)nc2)cc2cnc(N[C@@H]3CNC[C@@H](F)C3)nc21. The average molecular weight is 556 g/mol. The molecule has 1 saturated heterocycles. The first kappa shape index (κ1) is 26.7. The van der Waals surface area contributed by atoms with Crippen molar-refractivity contribution in [3.8, 4) is 11.1 Å². The number of aryl methyl sites for hydroxylation is 1. The lowest BCUT2D eigenvalue weighted by atomic mass is 10.1. The number of rotatable bonds is 8. The monoisotopic (exact) mass is 555 g/mol. The largest absolute Gasteiger partial charge is 0.350 e. The number of nitrogens with zero attached hydrogens (tertiary/aromatic N) is 6. The van der Waals surface area contributed by atoms with E-state index in [2.05, 4.69) is 35.4 Å². The predicted molar refractivity (Wildman–Crippen MR) is 147 cm³/mol. The van der Waals surface area contributed by atoms with Crippen molar-refractivity contribution in [3.05, 3.63) is 58.9 Å². The molecule has 0 amide bonds. The molecular formula is C25H30FN9O3S. The van der Waals surface area contributed by atoms with Crippen LogP contribution >= 0.6 is 0 Å². The molecule has 0 unspecified atom stereocenters. The summed E-state index contributed by atoms with van der Waals surface area (Å²) in [6.45, 7) is 4.70. The van der Waals surface area contributed by atoms with Crippen LogP contribution in [0.3, 0.4) is 0 Å². The second-order valence-corrected chi connectivity index (χ2v) is 11.6. The number of halogens is 1. The molecule has 0 saturated carbocycles. The fraction of sp³-hybridized carbons (Fsp3) is 0.400. The third-order valence-corrected chi connectivity index (χ3v) is 7.56. The van der Waals surface area contributed by atoms with Gasteiger partial charge in [-0.1, -0.05) is 0 Å². The Kier molecular flexibility index (Phi) is 7.32. The maximum absolute atomic E-state index is 13.8. The summed E-state index contributed by atoms with van der Waals surface area (Å²) in [7, 11) is -2.01. The van der Waals surface area contributed by atoms with Crippen LogP contribution < -0.4 is 20.9 Å². The highest BCUT2D eigenvalue weighted by molar-refractivity contribution is 7.91. The number of sulfonamides is 1. The fourth-order valence-corrected chi connectivity index (χ4v) is 5.66. The van der Waals surface area contributed by atoms with Crippen LogP contribution in [0.15, 0.2) is 47.7 Å². The Morgan fingerprint density at radius 3 is 2.67 bits per heavy atom. The Bertz CT molecular complexity index is 1650. The summed E-state index contributed by atoms with van der Waals surface area (Å²) < 4.78 is 44.4. The molecule has 5 heterocycles. The molecule has 206 valence electrons. The summed E-state index contributed by atoms with van der Waals surface area (Å²) in [5, 5.41) is 10.9. The minimum absolute atomic E-state index is 0.131. The molecule has 0 aliphatic carbocycles. The van der Waals surface area contributed by atoms with Gasteiger partial charge in [-0.3, -0.25) is 18.8 Å². The molecule has 2 atom stereocenters. The molecule has 5 rings (SSSR count). The standard InChI is InChI=1S/C25H30FN9O3S/c1-15(2)35-23-17(11-29-25(31-23)30-20-9-18(26)12-27-13-20)8-21(24(35)36)16-4-5-22(28-10-16)33-39(37,38)14-19-6-7-34(3)32-19/h4-8,10-11,15,18,20,27H,9,12-14H2,1-3H3,(H,28,33)(H,29,30,31)/t18-,20-/m0/s1. The summed E-state index contributed by atoms with van der Waals surface area (Å²) in [4.78, 5) is 26.8. The van der Waals surface area contributed by atoms with Crippen molar-refractivity contribution in [1.82, 2.24) is 34.6 Å². The lowest BCUT2D eigenvalue weighted by molar-refractivity contribution is 0.254. The minimum Gasteiger partial charge on any atom is -0.350 e. The van der Waals surface area contributed by atoms with Crippen LogP contribution in [0.25, 0.3) is 22.2 Å². The number of hydrogen-bond acceptors (Lipinski definition) is 9. The summed E-state index contributed by atoms with van der Waals surface area (Å²) in [5.74, 6) is 0.170. The predicted octanol–water partition coefficient (Wildman–Crippen LogP) is 2.22. The highest BCUT2D eigenvalue weighted by Gasteiger charge is 2.22. The number of aromatic nitrogens is 6. The van der Waals surface area contributed by atoms with E-state index in [4.69, 9.17) is 0 Å². The quantitative estimate of drug-likeness (QED) is 0.298. The van der Waals surface area contributed by atoms with E-state index < -0.39 is 16.2 Å². The smallest absolute Gasteiger partial charge is 0.260 e. The molecule has 0 aromatic carbocycles. The second kappa shape index (κ2) is 10.7. The van der Waals surface area contributed by atoms with Gasteiger partial charge in [-0.05, 0) is 38.1 Å². The van der Waals surface area contributed by atoms with Crippen LogP contribution in [0.4, 0.5) is 16.2 Å². The van der Waals surface area contributed by atoms with Crippen molar-refractivity contribution in [2.75, 3.05) is 23.1 Å². The highest BCUT2D eigenvalue weighted by atomic mass is 32.2. The van der Waals surface area contributed by atoms with Gasteiger partial charge in [0.15, 0.2) is 0 Å². The number of hydrogen-bond donors (Lipinski definition) is 3. The normalized spacial score (nSPS) is 18.0. The molecule has 1 aliphatic rings. The maximum atomic E-state index is 13.8. The van der Waals surface area contributed by atoms with Crippen LogP contribution in [-0.2, 0) is 22.8 Å². The van der Waals surface area contributed by atoms with Crippen LogP contribution in [0.1, 0.15) is 32.0 Å². The number of anilines is 2. The minimum atomic E-state index is -3.73. The van der Waals surface area contributed by atoms with E-state index in [1.807, 2.05) is 13.8 Å². The fourth-order valence-electron chi connectivity index (χ4n) is 4.60. The third-order valence-electron chi connectivity index (χ3n) is 6.36. The van der Waals surface area contributed by atoms with Crippen molar-refractivity contribution in [2.24, 2.45) is 7.05 Å². The molecular weight excluding hydrogens is 525 g/mol. The van der Waals surface area contributed by atoms with Gasteiger partial charge in [0.25, 0.3) is 5.56 Å². The average Bonchev–Trinajstić information content (AvgIpc) is 3.27. The van der Waals surface area contributed by atoms with Gasteiger partial charge in [0, 0.05) is 73.7 Å². The summed E-state index contributed by atoms with van der Waals surface area (Å²) in [6, 6.07) is 6.11. The molecule has 0 spiro atoms. The number of piperidine rings is 1. The topological polar surface area (TPSA) is 149 Å². The van der Waals surface area contributed by atoms with Crippen molar-refractivity contribution in [1.29, 1.82) is 0 Å². The number of nitrogens with one attached hydrogen (secondary N) is 3. The lowest BCUT2D eigenvalue weighted by Crippen LogP contribution is -2.44. The molecule has 4 aromatic rings. The van der Waals surface area contributed by atoms with Gasteiger partial charge in [0.1, 0.15) is 23.4 Å². The van der Waals surface area contributed by atoms with E-state index in [1.165, 1.54) is 16.9 Å². The summed E-state index contributed by atoms with van der Waals surface area (Å²) >= 11 is 0. The first-order valence-electron chi connectivity index (χ1n) is 12.6. The molecule has 1 aliphatic heterocycles. The lowest BCUT2D eigenvalue weighted by Gasteiger charge is -2.26. The number of fused-ring (bicyclic) bond motifs is 1. The number of alkyl halides is 1. The van der Waals surface area contributed by atoms with Gasteiger partial charge in [-0.25, -0.2) is 22.8 Å². The van der Waals surface area contributed by atoms with Gasteiger partial charge in [0.2, 0.25) is 16.0 Å². The van der Waals surface area contributed by atoms with E-state index in [0.717, 1.165) is 0 Å². The van der Waals surface area contributed by atoms with Gasteiger partial charge in [-0.2, -0.15) is 10.1 Å². The Balaban J connectivity index is 1.41. The highest BCUT2D eigenvalue weighted by Crippen LogP contribution is 2.24. The van der Waals surface area contributed by atoms with Gasteiger partial charge < -0.3 is 10.6 Å². The molecule has 39 heavy (non-hydrogen) atoms. The van der Waals surface area contributed by atoms with E-state index in [0.29, 0.717) is 53.3 Å². The summed E-state index contributed by atoms with van der Waals surface area (Å²) in [5.41, 5.74) is 1.51. The Hall–Kier alpha value is -3.91. The van der Waals surface area contributed by atoms with Crippen molar-refractivity contribution < 1.29 is 12.8 Å². The van der Waals surface area contributed by atoms with Crippen molar-refractivity contribution in [3.63, 3.8) is 0 Å². The van der Waals surface area contributed by atoms with E-state index in [1.54, 1.807) is 42.2 Å². The van der Waals surface area contributed by atoms with E-state index in [-0.39, 0.29) is 29.2 Å². The second-order valence-electron chi connectivity index (χ2n) is 9.91. The van der Waals surface area contributed by atoms with Crippen LogP contribution in [0.2, 0.25) is 0 Å². The van der Waals surface area contributed by atoms with Gasteiger partial charge >= 0.3 is 0 Å². The van der Waals surface area contributed by atoms with Crippen molar-refractivity contribution >= 4 is 32.8 Å². The maximum Gasteiger partial charge on any atom is 0.260 e. The Labute approximate surface area is 224 Å². The van der Waals surface area contributed by atoms with Gasteiger partial charge in [-0.15, -0.1) is 0 Å².